The summed E-state index contributed by atoms with van der Waals surface area (Å²) in [6, 6.07) is 10.2. The third kappa shape index (κ3) is 10.4. The third-order valence-electron chi connectivity index (χ3n) is 16.7. The van der Waals surface area contributed by atoms with Crippen molar-refractivity contribution in [2.24, 2.45) is 51.4 Å². The molecule has 3 aromatic carbocycles. The number of benzene rings is 3. The van der Waals surface area contributed by atoms with Crippen LogP contribution in [0, 0.1) is 48.3 Å². The predicted molar refractivity (Wildman–Crippen MR) is 284 cm³/mol. The first-order valence-electron chi connectivity index (χ1n) is 26.6. The van der Waals surface area contributed by atoms with E-state index in [1.54, 1.807) is 52.2 Å². The Kier molecular flexibility index (Phi) is 16.0. The highest BCUT2D eigenvalue weighted by molar-refractivity contribution is 6.21. The third-order valence-corrected chi connectivity index (χ3v) is 16.7. The Morgan fingerprint density at radius 1 is 0.905 bits per heavy atom. The normalized spacial score (nSPS) is 30.9. The van der Waals surface area contributed by atoms with Gasteiger partial charge in [-0.15, -0.1) is 0 Å². The van der Waals surface area contributed by atoms with Gasteiger partial charge in [0.25, 0.3) is 11.7 Å². The fraction of sp³-hybridized carbons (Fsp3) is 0.569. The molecule has 5 bridgehead atoms. The van der Waals surface area contributed by atoms with Gasteiger partial charge in [0.2, 0.25) is 5.91 Å². The van der Waals surface area contributed by atoms with Crippen LogP contribution in [-0.4, -0.2) is 123 Å². The van der Waals surface area contributed by atoms with E-state index in [0.29, 0.717) is 37.5 Å². The molecule has 6 aliphatic rings. The van der Waals surface area contributed by atoms with E-state index in [1.165, 1.54) is 13.2 Å². The van der Waals surface area contributed by atoms with Gasteiger partial charge in [-0.1, -0.05) is 84.9 Å². The molecule has 400 valence electrons. The van der Waals surface area contributed by atoms with Crippen LogP contribution in [0.25, 0.3) is 10.8 Å². The number of aliphatic hydroxyl groups is 2. The van der Waals surface area contributed by atoms with Crippen molar-refractivity contribution in [3.05, 3.63) is 88.3 Å². The molecular formula is C58H78N6O10. The molecule has 9 rings (SSSR count). The number of likely N-dealkylation sites (tertiary alicyclic amines) is 2. The number of carbonyl (C=O) groups excluding carboxylic acids is 3. The Bertz CT molecular complexity index is 2830. The van der Waals surface area contributed by atoms with Gasteiger partial charge >= 0.3 is 5.79 Å². The molecule has 0 radical (unpaired) electrons. The number of aliphatic hydroxyl groups excluding tert-OH is 2. The smallest absolute Gasteiger partial charge is 0.312 e. The number of hydrogen-bond acceptors (Lipinski definition) is 14. The van der Waals surface area contributed by atoms with Crippen LogP contribution in [0.4, 0.5) is 11.4 Å². The molecule has 1 spiro atoms. The fourth-order valence-electron chi connectivity index (χ4n) is 12.3. The van der Waals surface area contributed by atoms with Crippen molar-refractivity contribution in [1.29, 1.82) is 0 Å². The number of nitrogens with one attached hydrogen (secondary N) is 2. The van der Waals surface area contributed by atoms with Gasteiger partial charge in [0.15, 0.2) is 5.75 Å². The lowest BCUT2D eigenvalue weighted by Crippen LogP contribution is -2.50. The van der Waals surface area contributed by atoms with Crippen LogP contribution in [-0.2, 0) is 19.1 Å². The van der Waals surface area contributed by atoms with Crippen molar-refractivity contribution in [2.45, 2.75) is 131 Å². The highest BCUT2D eigenvalue weighted by Crippen LogP contribution is 2.51. The van der Waals surface area contributed by atoms with Crippen LogP contribution in [0.5, 0.6) is 17.2 Å². The van der Waals surface area contributed by atoms with Crippen LogP contribution >= 0.6 is 0 Å². The Hall–Kier alpha value is -5.81. The summed E-state index contributed by atoms with van der Waals surface area (Å²) in [5, 5.41) is 55.6. The standard InChI is InChI=1S/C58H78N6O10/c1-31(2)30-63-27-23-58(24-28-63)61-46-43-44-51(67)38(9)53-45(43)54(69)57(10,74-53)73-29-22-41(72-11)34(5)42(36(7)56(71)64-25-20-40(21-26-64)59-39-18-13-12-14-19-39)35(6)50(66)37(8)49(65)32(3)16-15-17-33(4)55(70)60-48(52(44)68)47(46)62-58/h12-19,22,29,31-32,34-37,40-42,49-50,59,61,65-68H,20-21,23-28,30H2,1-11H3/b16-15+,29-22+,33-17-,60-48?/t32?,34-,35+,36?,37-,41+,42?,49+,50?,57+/m1/s1. The maximum Gasteiger partial charge on any atom is 0.312 e. The SMILES string of the molecule is CO[C@H]1/C=C/O[C@@]2(C)Oc3c(C)c(O)c4c(O)c(c5c(c4c3C2=O)NC2(CCN(CC(C)C)CC2)N=5)=NC(=O)/C(C)=C\C=C\C(C)[C@H](O)[C@@H](C)C(O)[C@@H](C)C(C(C)C(=O)N2CCC(Nc3ccccc3)CC2)[C@@H]1C. The second kappa shape index (κ2) is 21.8. The summed E-state index contributed by atoms with van der Waals surface area (Å²) in [5.41, 5.74) is 0.972. The number of carbonyl (C=O) groups is 3. The van der Waals surface area contributed by atoms with Gasteiger partial charge in [0, 0.05) is 106 Å². The van der Waals surface area contributed by atoms with Crippen LogP contribution < -0.4 is 26.1 Å². The number of anilines is 2. The molecule has 2 fully saturated rings. The average Bonchev–Trinajstić information content (AvgIpc) is 3.88. The number of methoxy groups -OCH3 is 1. The Morgan fingerprint density at radius 2 is 1.58 bits per heavy atom. The molecule has 0 saturated carbocycles. The largest absolute Gasteiger partial charge is 0.507 e. The zero-order valence-corrected chi connectivity index (χ0v) is 45.0. The minimum absolute atomic E-state index is 0.0363. The van der Waals surface area contributed by atoms with E-state index >= 15 is 4.79 Å². The van der Waals surface area contributed by atoms with Crippen molar-refractivity contribution in [1.82, 2.24) is 9.80 Å². The summed E-state index contributed by atoms with van der Waals surface area (Å²) >= 11 is 0. The van der Waals surface area contributed by atoms with Crippen LogP contribution in [0.3, 0.4) is 0 Å². The Labute approximate surface area is 435 Å². The highest BCUT2D eigenvalue weighted by Gasteiger charge is 2.51. The molecule has 3 aromatic rings. The number of aromatic hydroxyl groups is 2. The molecule has 6 N–H and O–H groups in total. The van der Waals surface area contributed by atoms with E-state index in [0.717, 1.165) is 38.2 Å². The summed E-state index contributed by atoms with van der Waals surface area (Å²) in [4.78, 5) is 57.7. The molecule has 6 heterocycles. The number of fused-ring (bicyclic) bond motifs is 13. The summed E-state index contributed by atoms with van der Waals surface area (Å²) in [6.07, 6.45) is 7.96. The zero-order chi connectivity index (χ0) is 53.6. The summed E-state index contributed by atoms with van der Waals surface area (Å²) in [6.45, 7) is 21.9. The van der Waals surface area contributed by atoms with Crippen molar-refractivity contribution < 1.29 is 49.0 Å². The van der Waals surface area contributed by atoms with Gasteiger partial charge in [-0.3, -0.25) is 19.4 Å². The minimum atomic E-state index is -1.96. The van der Waals surface area contributed by atoms with Crippen molar-refractivity contribution in [2.75, 3.05) is 50.5 Å². The summed E-state index contributed by atoms with van der Waals surface area (Å²) in [7, 11) is 1.55. The number of amides is 2. The minimum Gasteiger partial charge on any atom is -0.507 e. The van der Waals surface area contributed by atoms with E-state index in [2.05, 4.69) is 34.4 Å². The van der Waals surface area contributed by atoms with Crippen LogP contribution in [0.15, 0.2) is 76.5 Å². The fourth-order valence-corrected chi connectivity index (χ4v) is 12.3. The molecule has 16 nitrogen and oxygen atoms in total. The molecule has 10 atom stereocenters. The lowest BCUT2D eigenvalue weighted by molar-refractivity contribution is -0.142. The quantitative estimate of drug-likeness (QED) is 0.130. The number of hydrogen-bond donors (Lipinski definition) is 6. The predicted octanol–water partition coefficient (Wildman–Crippen LogP) is 7.17. The van der Waals surface area contributed by atoms with Crippen molar-refractivity contribution in [3.8, 4) is 17.2 Å². The first kappa shape index (κ1) is 54.5. The van der Waals surface area contributed by atoms with Crippen molar-refractivity contribution in [3.63, 3.8) is 0 Å². The number of rotatable bonds is 7. The second-order valence-electron chi connectivity index (χ2n) is 22.4. The molecule has 74 heavy (non-hydrogen) atoms. The van der Waals surface area contributed by atoms with Crippen LogP contribution in [0.2, 0.25) is 0 Å². The Morgan fingerprint density at radius 3 is 2.23 bits per heavy atom. The van der Waals surface area contributed by atoms with E-state index < -0.39 is 82.7 Å². The van der Waals surface area contributed by atoms with Crippen LogP contribution in [0.1, 0.15) is 104 Å². The first-order valence-corrected chi connectivity index (χ1v) is 26.6. The highest BCUT2D eigenvalue weighted by atomic mass is 16.7. The monoisotopic (exact) mass is 1020 g/mol. The molecule has 6 aliphatic heterocycles. The summed E-state index contributed by atoms with van der Waals surface area (Å²) < 4.78 is 18.9. The van der Waals surface area contributed by atoms with Crippen molar-refractivity contribution >= 4 is 39.7 Å². The lowest BCUT2D eigenvalue weighted by Gasteiger charge is -2.43. The Balaban J connectivity index is 1.19. The van der Waals surface area contributed by atoms with Gasteiger partial charge in [-0.25, -0.2) is 4.99 Å². The number of phenols is 2. The van der Waals surface area contributed by atoms with E-state index in [1.807, 2.05) is 62.9 Å². The number of ether oxygens (including phenoxy) is 3. The maximum absolute atomic E-state index is 15.0. The average molecular weight is 1020 g/mol. The van der Waals surface area contributed by atoms with E-state index in [4.69, 9.17) is 19.2 Å². The molecular weight excluding hydrogens is 941 g/mol. The molecule has 2 amide bonds. The number of piperidine rings is 2. The molecule has 0 aliphatic carbocycles. The number of phenolic OH excluding ortho intramolecular Hbond substituents is 2. The number of para-hydroxylation sites is 1. The number of nitrogens with zero attached hydrogens (tertiary/aromatic N) is 4. The lowest BCUT2D eigenvalue weighted by atomic mass is 9.68. The summed E-state index contributed by atoms with van der Waals surface area (Å²) in [5.74, 6) is -6.73. The van der Waals surface area contributed by atoms with Gasteiger partial charge in [0.05, 0.1) is 41.2 Å². The number of Topliss-reactive ketones (excluding diaryl/α,β-unsaturated/α-hetero) is 1. The van der Waals surface area contributed by atoms with Gasteiger partial charge in [-0.2, -0.15) is 0 Å². The second-order valence-corrected chi connectivity index (χ2v) is 22.4. The van der Waals surface area contributed by atoms with E-state index in [-0.39, 0.29) is 61.6 Å². The van der Waals surface area contributed by atoms with Gasteiger partial charge in [0.1, 0.15) is 27.9 Å². The molecule has 2 saturated heterocycles. The molecule has 0 aromatic heterocycles. The number of ketones is 1. The molecule has 4 unspecified atom stereocenters. The number of allylic oxidation sites excluding steroid dienone is 2. The topological polar surface area (TPSA) is 215 Å². The van der Waals surface area contributed by atoms with Gasteiger partial charge in [-0.05, 0) is 68.6 Å². The van der Waals surface area contributed by atoms with E-state index in [9.17, 15) is 30.0 Å². The van der Waals surface area contributed by atoms with Gasteiger partial charge < -0.3 is 55.1 Å². The molecule has 16 heteroatoms. The maximum atomic E-state index is 15.0. The zero-order valence-electron chi connectivity index (χ0n) is 45.0. The first-order chi connectivity index (χ1) is 35.1.